The van der Waals surface area contributed by atoms with Crippen molar-refractivity contribution in [1.82, 2.24) is 5.32 Å². The van der Waals surface area contributed by atoms with E-state index in [0.717, 1.165) is 18.4 Å². The Morgan fingerprint density at radius 3 is 2.79 bits per heavy atom. The van der Waals surface area contributed by atoms with E-state index in [1.165, 1.54) is 5.56 Å². The van der Waals surface area contributed by atoms with Gasteiger partial charge in [-0.25, -0.2) is 0 Å². The third-order valence-corrected chi connectivity index (χ3v) is 3.58. The highest BCUT2D eigenvalue weighted by Crippen LogP contribution is 2.34. The molecule has 4 heteroatoms. The van der Waals surface area contributed by atoms with Crippen LogP contribution in [0.25, 0.3) is 0 Å². The van der Waals surface area contributed by atoms with Crippen molar-refractivity contribution in [2.45, 2.75) is 44.6 Å². The van der Waals surface area contributed by atoms with Gasteiger partial charge < -0.3 is 10.4 Å². The Hall–Kier alpha value is -1.84. The van der Waals surface area contributed by atoms with Gasteiger partial charge in [0, 0.05) is 6.04 Å². The fourth-order valence-corrected chi connectivity index (χ4v) is 2.58. The van der Waals surface area contributed by atoms with Gasteiger partial charge >= 0.3 is 5.97 Å². The molecule has 2 N–H and O–H groups in total. The van der Waals surface area contributed by atoms with Crippen LogP contribution in [-0.4, -0.2) is 23.0 Å². The van der Waals surface area contributed by atoms with Gasteiger partial charge in [-0.2, -0.15) is 0 Å². The van der Waals surface area contributed by atoms with Crippen LogP contribution in [0.5, 0.6) is 0 Å². The molecule has 0 radical (unpaired) electrons. The second kappa shape index (κ2) is 5.87. The van der Waals surface area contributed by atoms with E-state index in [1.54, 1.807) is 0 Å². The van der Waals surface area contributed by atoms with Gasteiger partial charge in [0.1, 0.15) is 0 Å². The molecule has 1 amide bonds. The predicted octanol–water partition coefficient (Wildman–Crippen LogP) is 2.09. The number of carboxylic acid groups (broad SMARTS) is 1. The lowest BCUT2D eigenvalue weighted by Crippen LogP contribution is -2.42. The number of aliphatic carboxylic acids is 1. The van der Waals surface area contributed by atoms with Crippen LogP contribution in [0.3, 0.4) is 0 Å². The Bertz CT molecular complexity index is 484. The van der Waals surface area contributed by atoms with Crippen LogP contribution >= 0.6 is 0 Å². The highest BCUT2D eigenvalue weighted by Gasteiger charge is 2.32. The summed E-state index contributed by atoms with van der Waals surface area (Å²) < 4.78 is 0. The molecule has 0 fully saturated rings. The van der Waals surface area contributed by atoms with Crippen molar-refractivity contribution in [1.29, 1.82) is 0 Å². The number of fused-ring (bicyclic) bond motifs is 1. The van der Waals surface area contributed by atoms with Crippen molar-refractivity contribution in [2.75, 3.05) is 0 Å². The Kier molecular flexibility index (Phi) is 4.20. The van der Waals surface area contributed by atoms with Crippen LogP contribution in [0.1, 0.15) is 43.2 Å². The first-order valence-corrected chi connectivity index (χ1v) is 6.71. The van der Waals surface area contributed by atoms with E-state index < -0.39 is 5.97 Å². The van der Waals surface area contributed by atoms with Gasteiger partial charge in [0.15, 0.2) is 0 Å². The van der Waals surface area contributed by atoms with Gasteiger partial charge in [0.2, 0.25) is 5.91 Å². The normalized spacial score (nSPS) is 18.1. The molecule has 102 valence electrons. The van der Waals surface area contributed by atoms with Gasteiger partial charge in [-0.05, 0) is 24.0 Å². The summed E-state index contributed by atoms with van der Waals surface area (Å²) in [4.78, 5) is 22.9. The van der Waals surface area contributed by atoms with Crippen molar-refractivity contribution in [3.8, 4) is 0 Å². The minimum atomic E-state index is -0.868. The maximum Gasteiger partial charge on any atom is 0.305 e. The molecule has 0 heterocycles. The zero-order chi connectivity index (χ0) is 13.8. The molecule has 2 atom stereocenters. The van der Waals surface area contributed by atoms with Crippen molar-refractivity contribution in [2.24, 2.45) is 0 Å². The summed E-state index contributed by atoms with van der Waals surface area (Å²) in [6, 6.07) is 7.63. The second-order valence-electron chi connectivity index (χ2n) is 5.05. The lowest BCUT2D eigenvalue weighted by Gasteiger charge is -2.30. The molecule has 1 aromatic carbocycles. The molecule has 0 aromatic heterocycles. The predicted molar refractivity (Wildman–Crippen MR) is 72.0 cm³/mol. The molecule has 0 saturated carbocycles. The van der Waals surface area contributed by atoms with Gasteiger partial charge in [-0.3, -0.25) is 9.59 Å². The molecule has 1 aliphatic rings. The molecule has 1 aliphatic carbocycles. The van der Waals surface area contributed by atoms with Gasteiger partial charge in [0.25, 0.3) is 0 Å². The quantitative estimate of drug-likeness (QED) is 0.824. The Balaban J connectivity index is 1.95. The van der Waals surface area contributed by atoms with Crippen LogP contribution in [-0.2, 0) is 16.0 Å². The van der Waals surface area contributed by atoms with Crippen LogP contribution in [0.4, 0.5) is 0 Å². The van der Waals surface area contributed by atoms with Crippen LogP contribution in [0, 0.1) is 0 Å². The molecule has 4 nitrogen and oxygen atoms in total. The van der Waals surface area contributed by atoms with Gasteiger partial charge in [-0.15, -0.1) is 0 Å². The van der Waals surface area contributed by atoms with Crippen molar-refractivity contribution < 1.29 is 14.7 Å². The van der Waals surface area contributed by atoms with E-state index in [0.29, 0.717) is 6.42 Å². The number of benzene rings is 1. The number of rotatable bonds is 6. The minimum Gasteiger partial charge on any atom is -0.481 e. The summed E-state index contributed by atoms with van der Waals surface area (Å²) >= 11 is 0. The third-order valence-electron chi connectivity index (χ3n) is 3.58. The summed E-state index contributed by atoms with van der Waals surface area (Å²) in [7, 11) is 0. The van der Waals surface area contributed by atoms with E-state index in [2.05, 4.69) is 5.32 Å². The molecule has 0 aliphatic heterocycles. The summed E-state index contributed by atoms with van der Waals surface area (Å²) in [6.45, 7) is 1.99. The number of nitrogens with one attached hydrogen (secondary N) is 1. The third kappa shape index (κ3) is 3.13. The molecule has 0 saturated heterocycles. The van der Waals surface area contributed by atoms with Crippen molar-refractivity contribution >= 4 is 11.9 Å². The summed E-state index contributed by atoms with van der Waals surface area (Å²) in [5.74, 6) is -1.02. The fourth-order valence-electron chi connectivity index (χ4n) is 2.58. The van der Waals surface area contributed by atoms with Crippen molar-refractivity contribution in [3.05, 3.63) is 35.4 Å². The van der Waals surface area contributed by atoms with Crippen LogP contribution in [0.2, 0.25) is 0 Å². The van der Waals surface area contributed by atoms with Crippen LogP contribution < -0.4 is 5.32 Å². The van der Waals surface area contributed by atoms with E-state index in [9.17, 15) is 9.59 Å². The smallest absolute Gasteiger partial charge is 0.305 e. The zero-order valence-corrected chi connectivity index (χ0v) is 11.1. The number of hydrogen-bond acceptors (Lipinski definition) is 2. The largest absolute Gasteiger partial charge is 0.481 e. The highest BCUT2D eigenvalue weighted by atomic mass is 16.4. The number of amides is 1. The van der Waals surface area contributed by atoms with E-state index in [1.807, 2.05) is 31.2 Å². The first kappa shape index (κ1) is 13.6. The topological polar surface area (TPSA) is 66.4 Å². The Morgan fingerprint density at radius 2 is 2.16 bits per heavy atom. The second-order valence-corrected chi connectivity index (χ2v) is 5.05. The first-order chi connectivity index (χ1) is 9.11. The maximum absolute atomic E-state index is 12.2. The summed E-state index contributed by atoms with van der Waals surface area (Å²) in [5.41, 5.74) is 2.29. The number of carbonyl (C=O) groups excluding carboxylic acids is 1. The fraction of sp³-hybridized carbons (Fsp3) is 0.467. The number of carboxylic acids is 1. The zero-order valence-electron chi connectivity index (χ0n) is 11.1. The molecule has 2 rings (SSSR count). The molecular weight excluding hydrogens is 242 g/mol. The van der Waals surface area contributed by atoms with Crippen molar-refractivity contribution in [3.63, 3.8) is 0 Å². The molecule has 0 bridgehead atoms. The minimum absolute atomic E-state index is 0.00601. The lowest BCUT2D eigenvalue weighted by atomic mass is 9.77. The monoisotopic (exact) mass is 261 g/mol. The summed E-state index contributed by atoms with van der Waals surface area (Å²) in [5, 5.41) is 11.7. The molecule has 1 aromatic rings. The van der Waals surface area contributed by atoms with E-state index in [4.69, 9.17) is 5.11 Å². The number of carbonyl (C=O) groups is 2. The highest BCUT2D eigenvalue weighted by molar-refractivity contribution is 5.87. The van der Waals surface area contributed by atoms with Gasteiger partial charge in [0.05, 0.1) is 12.3 Å². The molecule has 0 spiro atoms. The molecular formula is C15H19NO3. The average Bonchev–Trinajstić information content (AvgIpc) is 2.30. The Labute approximate surface area is 112 Å². The molecule has 2 unspecified atom stereocenters. The Morgan fingerprint density at radius 1 is 1.42 bits per heavy atom. The SMILES string of the molecule is CCCC(CC(=O)O)NC(=O)C1Cc2ccccc21. The standard InChI is InChI=1S/C15H19NO3/c1-2-5-11(9-14(17)18)16-15(19)13-8-10-6-3-4-7-12(10)13/h3-4,6-7,11,13H,2,5,8-9H2,1H3,(H,16,19)(H,17,18). The molecule has 19 heavy (non-hydrogen) atoms. The first-order valence-electron chi connectivity index (χ1n) is 6.71. The van der Waals surface area contributed by atoms with E-state index in [-0.39, 0.29) is 24.3 Å². The van der Waals surface area contributed by atoms with Gasteiger partial charge in [-0.1, -0.05) is 37.6 Å². The lowest BCUT2D eigenvalue weighted by molar-refractivity contribution is -0.137. The maximum atomic E-state index is 12.2. The van der Waals surface area contributed by atoms with Crippen LogP contribution in [0.15, 0.2) is 24.3 Å². The van der Waals surface area contributed by atoms with E-state index >= 15 is 0 Å². The number of hydrogen-bond donors (Lipinski definition) is 2. The average molecular weight is 261 g/mol. The summed E-state index contributed by atoms with van der Waals surface area (Å²) in [6.07, 6.45) is 2.31.